The predicted molar refractivity (Wildman–Crippen MR) is 245 cm³/mol. The van der Waals surface area contributed by atoms with Gasteiger partial charge in [0, 0.05) is 82.3 Å². The Hall–Kier alpha value is -4.08. The van der Waals surface area contributed by atoms with Crippen LogP contribution in [0.3, 0.4) is 0 Å². The van der Waals surface area contributed by atoms with Crippen LogP contribution in [0.25, 0.3) is 0 Å². The van der Waals surface area contributed by atoms with Crippen LogP contribution in [0, 0.1) is 5.92 Å². The number of carbonyl (C=O) groups is 3. The second-order valence-electron chi connectivity index (χ2n) is 18.2. The summed E-state index contributed by atoms with van der Waals surface area (Å²) >= 11 is 0. The van der Waals surface area contributed by atoms with Gasteiger partial charge < -0.3 is 20.3 Å². The number of amides is 2. The lowest BCUT2D eigenvalue weighted by molar-refractivity contribution is -0.439. The second kappa shape index (κ2) is 22.6. The highest BCUT2D eigenvalue weighted by atomic mass is 32.2. The number of hydrogen-bond acceptors (Lipinski definition) is 10. The van der Waals surface area contributed by atoms with E-state index in [2.05, 4.69) is 15.2 Å². The van der Waals surface area contributed by atoms with Crippen molar-refractivity contribution in [1.82, 2.24) is 10.6 Å². The molecule has 2 heterocycles. The van der Waals surface area contributed by atoms with Gasteiger partial charge in [0.25, 0.3) is 20.2 Å². The number of aliphatic carboxylic acids is 1. The lowest BCUT2D eigenvalue weighted by Crippen LogP contribution is -2.36. The molecule has 20 heteroatoms. The van der Waals surface area contributed by atoms with E-state index in [1.54, 1.807) is 12.1 Å². The standard InChI is InChI=1S/C45H66N4O13S3/c1-32-44(3,4)37-28-35(64(57,58)59)20-22-39(37)48(32)25-14-8-11-18-42(51)47-31-34(16-9-6-12-19-43(52)53)30-46-41(50)17-10-7-13-24-45(5)33(2)49(26-15-27-63(54,55)56)40-23-21-36(29-38(40)45)65(60,61)62/h20-23,28-29,34H,6-19,24-27,30-31H2,1-5H3,(H4-2,46,47,50,51,52,53,54,55,56,57,58,59,60,61,62)/p+1. The second-order valence-corrected chi connectivity index (χ2v) is 22.6. The summed E-state index contributed by atoms with van der Waals surface area (Å²) < 4.78 is 105. The number of carbonyl (C=O) groups excluding carboxylic acids is 2. The maximum Gasteiger partial charge on any atom is 0.303 e. The molecule has 5 N–H and O–H groups in total. The van der Waals surface area contributed by atoms with E-state index >= 15 is 0 Å². The van der Waals surface area contributed by atoms with Gasteiger partial charge in [-0.05, 0) is 89.5 Å². The SMILES string of the molecule is CC1=[N+](CCCCCC(=O)NCC(CCCCCC(=O)O)CNC(=O)CCCCCC2(C)C(C)=[N+](CCCS(=O)(=O)O)c3ccc(S(=O)(=O)[O-])cc32)c2ccc(S(=O)(=O)O)cc2C1(C)C. The maximum atomic E-state index is 13.0. The van der Waals surface area contributed by atoms with E-state index in [4.69, 9.17) is 5.11 Å². The number of fused-ring (bicyclic) bond motifs is 2. The third-order valence-corrected chi connectivity index (χ3v) is 15.7. The Kier molecular flexibility index (Phi) is 18.6. The largest absolute Gasteiger partial charge is 0.744 e. The van der Waals surface area contributed by atoms with E-state index in [9.17, 15) is 53.3 Å². The first kappa shape index (κ1) is 53.5. The molecule has 65 heavy (non-hydrogen) atoms. The van der Waals surface area contributed by atoms with Crippen molar-refractivity contribution in [2.45, 2.75) is 152 Å². The molecule has 0 saturated heterocycles. The fourth-order valence-corrected chi connectivity index (χ4v) is 10.5. The highest BCUT2D eigenvalue weighted by Gasteiger charge is 2.46. The van der Waals surface area contributed by atoms with E-state index in [0.717, 1.165) is 41.9 Å². The molecule has 2 atom stereocenters. The van der Waals surface area contributed by atoms with Crippen LogP contribution in [0.5, 0.6) is 0 Å². The van der Waals surface area contributed by atoms with Crippen LogP contribution in [0.1, 0.15) is 142 Å². The molecule has 0 aromatic heterocycles. The van der Waals surface area contributed by atoms with Gasteiger partial charge in [-0.2, -0.15) is 26.0 Å². The maximum absolute atomic E-state index is 13.0. The molecule has 0 fully saturated rings. The Bertz CT molecular complexity index is 2480. The minimum absolute atomic E-state index is 0.0599. The average molecular weight is 968 g/mol. The van der Waals surface area contributed by atoms with Gasteiger partial charge in [-0.15, -0.1) is 0 Å². The fraction of sp³-hybridized carbons (Fsp3) is 0.622. The lowest BCUT2D eigenvalue weighted by atomic mass is 9.76. The molecule has 4 rings (SSSR count). The third-order valence-electron chi connectivity index (χ3n) is 13.2. The van der Waals surface area contributed by atoms with Gasteiger partial charge in [0.2, 0.25) is 23.2 Å². The first-order chi connectivity index (χ1) is 30.3. The van der Waals surface area contributed by atoms with Crippen LogP contribution in [-0.4, -0.2) is 114 Å². The molecular weight excluding hydrogens is 901 g/mol. The van der Waals surface area contributed by atoms with Gasteiger partial charge in [0.05, 0.1) is 26.4 Å². The molecule has 362 valence electrons. The van der Waals surface area contributed by atoms with Gasteiger partial charge in [0.15, 0.2) is 11.4 Å². The number of unbranched alkanes of at least 4 members (excludes halogenated alkanes) is 6. The molecule has 0 spiro atoms. The summed E-state index contributed by atoms with van der Waals surface area (Å²) in [4.78, 5) is 36.4. The van der Waals surface area contributed by atoms with Crippen LogP contribution in [0.2, 0.25) is 0 Å². The Morgan fingerprint density at radius 1 is 0.662 bits per heavy atom. The zero-order valence-corrected chi connectivity index (χ0v) is 40.7. The van der Waals surface area contributed by atoms with E-state index in [-0.39, 0.29) is 53.3 Å². The van der Waals surface area contributed by atoms with E-state index in [1.807, 2.05) is 39.2 Å². The molecular formula is C45H67N4O13S3+. The van der Waals surface area contributed by atoms with Gasteiger partial charge >= 0.3 is 5.97 Å². The number of benzene rings is 2. The highest BCUT2D eigenvalue weighted by molar-refractivity contribution is 7.86. The first-order valence-electron chi connectivity index (χ1n) is 22.4. The van der Waals surface area contributed by atoms with Gasteiger partial charge in [-0.25, -0.2) is 8.42 Å². The van der Waals surface area contributed by atoms with E-state index in [0.29, 0.717) is 88.7 Å². The van der Waals surface area contributed by atoms with Crippen LogP contribution in [-0.2, 0) is 55.6 Å². The van der Waals surface area contributed by atoms with Crippen LogP contribution in [0.4, 0.5) is 11.4 Å². The van der Waals surface area contributed by atoms with Crippen molar-refractivity contribution in [3.8, 4) is 0 Å². The van der Waals surface area contributed by atoms with Crippen LogP contribution >= 0.6 is 0 Å². The Labute approximate surface area is 384 Å². The van der Waals surface area contributed by atoms with Gasteiger partial charge in [-0.1, -0.05) is 25.7 Å². The molecule has 0 saturated carbocycles. The number of rotatable bonds is 28. The molecule has 2 aromatic carbocycles. The van der Waals surface area contributed by atoms with E-state index < -0.39 is 52.9 Å². The summed E-state index contributed by atoms with van der Waals surface area (Å²) in [7, 11) is -13.2. The number of nitrogens with one attached hydrogen (secondary N) is 2. The summed E-state index contributed by atoms with van der Waals surface area (Å²) in [5.74, 6) is -1.59. The molecule has 0 aliphatic carbocycles. The Morgan fingerprint density at radius 2 is 1.17 bits per heavy atom. The molecule has 2 aliphatic rings. The monoisotopic (exact) mass is 967 g/mol. The summed E-state index contributed by atoms with van der Waals surface area (Å²) in [5.41, 5.74) is 3.87. The average Bonchev–Trinajstić information content (AvgIpc) is 3.53. The summed E-state index contributed by atoms with van der Waals surface area (Å²) in [5, 5.41) is 15.0. The lowest BCUT2D eigenvalue weighted by Gasteiger charge is -2.23. The highest BCUT2D eigenvalue weighted by Crippen LogP contribution is 2.44. The molecule has 2 amide bonds. The fourth-order valence-electron chi connectivity index (χ4n) is 8.97. The molecule has 0 radical (unpaired) electrons. The first-order valence-corrected chi connectivity index (χ1v) is 26.9. The van der Waals surface area contributed by atoms with Crippen molar-refractivity contribution < 1.29 is 67.6 Å². The normalized spacial score (nSPS) is 17.5. The van der Waals surface area contributed by atoms with Crippen molar-refractivity contribution in [2.75, 3.05) is 31.9 Å². The minimum Gasteiger partial charge on any atom is -0.744 e. The topological polar surface area (TPSA) is 267 Å². The van der Waals surface area contributed by atoms with Crippen molar-refractivity contribution in [3.63, 3.8) is 0 Å². The molecule has 2 unspecified atom stereocenters. The zero-order valence-electron chi connectivity index (χ0n) is 38.2. The molecule has 2 aliphatic heterocycles. The summed E-state index contributed by atoms with van der Waals surface area (Å²) in [6.45, 7) is 11.5. The summed E-state index contributed by atoms with van der Waals surface area (Å²) in [6.07, 6.45) is 8.21. The Morgan fingerprint density at radius 3 is 1.74 bits per heavy atom. The third kappa shape index (κ3) is 15.0. The smallest absolute Gasteiger partial charge is 0.303 e. The van der Waals surface area contributed by atoms with Crippen LogP contribution in [0.15, 0.2) is 46.2 Å². The van der Waals surface area contributed by atoms with Crippen LogP contribution < -0.4 is 10.6 Å². The number of hydrogen-bond donors (Lipinski definition) is 5. The molecule has 0 bridgehead atoms. The quantitative estimate of drug-likeness (QED) is 0.0374. The van der Waals surface area contributed by atoms with Gasteiger partial charge in [-0.3, -0.25) is 23.5 Å². The zero-order chi connectivity index (χ0) is 48.4. The van der Waals surface area contributed by atoms with Crippen molar-refractivity contribution >= 4 is 70.9 Å². The van der Waals surface area contributed by atoms with E-state index in [1.165, 1.54) is 24.3 Å². The number of carboxylic acids is 1. The van der Waals surface area contributed by atoms with Crippen molar-refractivity contribution in [2.24, 2.45) is 5.92 Å². The van der Waals surface area contributed by atoms with Gasteiger partial charge in [0.1, 0.15) is 23.2 Å². The van der Waals surface area contributed by atoms with Crippen molar-refractivity contribution in [3.05, 3.63) is 47.5 Å². The number of carboxylic acid groups (broad SMARTS) is 1. The molecule has 2 aromatic rings. The Balaban J connectivity index is 1.24. The molecule has 17 nitrogen and oxygen atoms in total. The number of nitrogens with zero attached hydrogens (tertiary/aromatic N) is 2. The summed E-state index contributed by atoms with van der Waals surface area (Å²) in [6, 6.07) is 8.83. The minimum atomic E-state index is -4.73. The van der Waals surface area contributed by atoms with Crippen molar-refractivity contribution in [1.29, 1.82) is 0 Å². The predicted octanol–water partition coefficient (Wildman–Crippen LogP) is 5.98.